The van der Waals surface area contributed by atoms with Gasteiger partial charge in [0.25, 0.3) is 0 Å². The third-order valence-electron chi connectivity index (χ3n) is 2.66. The number of halogens is 2. The summed E-state index contributed by atoms with van der Waals surface area (Å²) in [6, 6.07) is 12.1. The SMILES string of the molecule is COc1ccc(C(=O)COc2ccc(Br)cc2Cl)cc1. The summed E-state index contributed by atoms with van der Waals surface area (Å²) >= 11 is 9.32. The van der Waals surface area contributed by atoms with Gasteiger partial charge in [-0.05, 0) is 42.5 Å². The number of methoxy groups -OCH3 is 1. The van der Waals surface area contributed by atoms with Crippen LogP contribution in [-0.4, -0.2) is 19.5 Å². The Balaban J connectivity index is 2.00. The van der Waals surface area contributed by atoms with E-state index in [0.717, 1.165) is 4.47 Å². The maximum atomic E-state index is 12.0. The lowest BCUT2D eigenvalue weighted by Gasteiger charge is -2.08. The van der Waals surface area contributed by atoms with E-state index in [4.69, 9.17) is 21.1 Å². The Morgan fingerprint density at radius 2 is 1.90 bits per heavy atom. The molecule has 0 amide bonds. The lowest BCUT2D eigenvalue weighted by atomic mass is 10.1. The monoisotopic (exact) mass is 354 g/mol. The number of carbonyl (C=O) groups is 1. The molecule has 2 aromatic rings. The summed E-state index contributed by atoms with van der Waals surface area (Å²) < 4.78 is 11.3. The number of ketones is 1. The minimum Gasteiger partial charge on any atom is -0.497 e. The van der Waals surface area contributed by atoms with Gasteiger partial charge < -0.3 is 9.47 Å². The summed E-state index contributed by atoms with van der Waals surface area (Å²) in [5.41, 5.74) is 0.569. The van der Waals surface area contributed by atoms with Gasteiger partial charge >= 0.3 is 0 Å². The van der Waals surface area contributed by atoms with E-state index < -0.39 is 0 Å². The summed E-state index contributed by atoms with van der Waals surface area (Å²) in [6.07, 6.45) is 0. The van der Waals surface area contributed by atoms with Crippen molar-refractivity contribution in [2.75, 3.05) is 13.7 Å². The summed E-state index contributed by atoms with van der Waals surface area (Å²) in [7, 11) is 1.58. The standard InChI is InChI=1S/C15H12BrClO3/c1-19-12-5-2-10(3-6-12)14(18)9-20-15-7-4-11(16)8-13(15)17/h2-8H,9H2,1H3. The lowest BCUT2D eigenvalue weighted by molar-refractivity contribution is 0.0921. The molecule has 5 heteroatoms. The van der Waals surface area contributed by atoms with Crippen LogP contribution in [0, 0.1) is 0 Å². The highest BCUT2D eigenvalue weighted by Crippen LogP contribution is 2.27. The first kappa shape index (κ1) is 14.9. The molecule has 0 atom stereocenters. The zero-order valence-corrected chi connectivity index (χ0v) is 13.1. The molecule has 0 fully saturated rings. The molecule has 2 rings (SSSR count). The minimum absolute atomic E-state index is 0.0618. The van der Waals surface area contributed by atoms with E-state index in [9.17, 15) is 4.79 Å². The number of hydrogen-bond acceptors (Lipinski definition) is 3. The molecule has 0 spiro atoms. The minimum atomic E-state index is -0.119. The van der Waals surface area contributed by atoms with Crippen LogP contribution in [0.5, 0.6) is 11.5 Å². The molecule has 3 nitrogen and oxygen atoms in total. The van der Waals surface area contributed by atoms with Crippen molar-refractivity contribution >= 4 is 33.3 Å². The molecular formula is C15H12BrClO3. The predicted octanol–water partition coefficient (Wildman–Crippen LogP) is 4.37. The smallest absolute Gasteiger partial charge is 0.200 e. The van der Waals surface area contributed by atoms with Crippen LogP contribution in [0.3, 0.4) is 0 Å². The normalized spacial score (nSPS) is 10.2. The Hall–Kier alpha value is -1.52. The Morgan fingerprint density at radius 1 is 1.20 bits per heavy atom. The second kappa shape index (κ2) is 6.77. The average molecular weight is 356 g/mol. The summed E-state index contributed by atoms with van der Waals surface area (Å²) in [4.78, 5) is 12.0. The predicted molar refractivity (Wildman–Crippen MR) is 82.0 cm³/mol. The molecule has 20 heavy (non-hydrogen) atoms. The van der Waals surface area contributed by atoms with Crippen LogP contribution < -0.4 is 9.47 Å². The maximum absolute atomic E-state index is 12.0. The summed E-state index contributed by atoms with van der Waals surface area (Å²) in [5, 5.41) is 0.460. The number of ether oxygens (including phenoxy) is 2. The van der Waals surface area contributed by atoms with Crippen molar-refractivity contribution < 1.29 is 14.3 Å². The fourth-order valence-corrected chi connectivity index (χ4v) is 2.32. The molecule has 2 aromatic carbocycles. The second-order valence-corrected chi connectivity index (χ2v) is 5.34. The van der Waals surface area contributed by atoms with E-state index in [1.165, 1.54) is 0 Å². The third kappa shape index (κ3) is 3.74. The van der Waals surface area contributed by atoms with Crippen molar-refractivity contribution in [3.63, 3.8) is 0 Å². The first-order valence-corrected chi connectivity index (χ1v) is 7.02. The van der Waals surface area contributed by atoms with Gasteiger partial charge in [-0.15, -0.1) is 0 Å². The van der Waals surface area contributed by atoms with Gasteiger partial charge in [0.05, 0.1) is 12.1 Å². The summed E-state index contributed by atoms with van der Waals surface area (Å²) in [5.74, 6) is 1.07. The van der Waals surface area contributed by atoms with E-state index in [2.05, 4.69) is 15.9 Å². The van der Waals surface area contributed by atoms with Gasteiger partial charge in [0, 0.05) is 10.0 Å². The molecule has 0 aliphatic rings. The van der Waals surface area contributed by atoms with Crippen molar-refractivity contribution in [1.82, 2.24) is 0 Å². The van der Waals surface area contributed by atoms with Gasteiger partial charge in [-0.3, -0.25) is 4.79 Å². The first-order valence-electron chi connectivity index (χ1n) is 5.85. The van der Waals surface area contributed by atoms with Crippen LogP contribution in [0.15, 0.2) is 46.9 Å². The number of Topliss-reactive ketones (excluding diaryl/α,β-unsaturated/α-hetero) is 1. The molecule has 104 valence electrons. The van der Waals surface area contributed by atoms with Crippen molar-refractivity contribution in [3.8, 4) is 11.5 Å². The first-order chi connectivity index (χ1) is 9.60. The number of hydrogen-bond donors (Lipinski definition) is 0. The number of carbonyl (C=O) groups excluding carboxylic acids is 1. The fraction of sp³-hybridized carbons (Fsp3) is 0.133. The van der Waals surface area contributed by atoms with Crippen LogP contribution in [0.25, 0.3) is 0 Å². The molecule has 0 heterocycles. The Morgan fingerprint density at radius 3 is 2.50 bits per heavy atom. The highest BCUT2D eigenvalue weighted by molar-refractivity contribution is 9.10. The molecule has 0 N–H and O–H groups in total. The average Bonchev–Trinajstić information content (AvgIpc) is 2.46. The second-order valence-electron chi connectivity index (χ2n) is 4.02. The molecule has 0 radical (unpaired) electrons. The Kier molecular flexibility index (Phi) is 5.04. The van der Waals surface area contributed by atoms with Gasteiger partial charge in [-0.2, -0.15) is 0 Å². The molecule has 0 bridgehead atoms. The highest BCUT2D eigenvalue weighted by Gasteiger charge is 2.09. The van der Waals surface area contributed by atoms with Crippen molar-refractivity contribution in [2.24, 2.45) is 0 Å². The quantitative estimate of drug-likeness (QED) is 0.747. The van der Waals surface area contributed by atoms with Gasteiger partial charge in [0.15, 0.2) is 12.4 Å². The van der Waals surface area contributed by atoms with Crippen molar-refractivity contribution in [2.45, 2.75) is 0 Å². The molecule has 0 saturated heterocycles. The maximum Gasteiger partial charge on any atom is 0.200 e. The van der Waals surface area contributed by atoms with E-state index in [1.54, 1.807) is 49.6 Å². The summed E-state index contributed by atoms with van der Waals surface area (Å²) in [6.45, 7) is -0.0618. The molecule has 0 saturated carbocycles. The van der Waals surface area contributed by atoms with Crippen LogP contribution in [0.1, 0.15) is 10.4 Å². The Labute approximate surface area is 130 Å². The van der Waals surface area contributed by atoms with Crippen LogP contribution in [0.2, 0.25) is 5.02 Å². The molecule has 0 unspecified atom stereocenters. The topological polar surface area (TPSA) is 35.5 Å². The zero-order chi connectivity index (χ0) is 14.5. The van der Waals surface area contributed by atoms with E-state index >= 15 is 0 Å². The van der Waals surface area contributed by atoms with Crippen LogP contribution in [-0.2, 0) is 0 Å². The van der Waals surface area contributed by atoms with E-state index in [1.807, 2.05) is 0 Å². The number of benzene rings is 2. The van der Waals surface area contributed by atoms with E-state index in [-0.39, 0.29) is 12.4 Å². The van der Waals surface area contributed by atoms with Crippen LogP contribution >= 0.6 is 27.5 Å². The van der Waals surface area contributed by atoms with Gasteiger partial charge in [0.1, 0.15) is 11.5 Å². The lowest BCUT2D eigenvalue weighted by Crippen LogP contribution is -2.11. The van der Waals surface area contributed by atoms with Gasteiger partial charge in [0.2, 0.25) is 0 Å². The Bertz CT molecular complexity index is 611. The van der Waals surface area contributed by atoms with Crippen LogP contribution in [0.4, 0.5) is 0 Å². The highest BCUT2D eigenvalue weighted by atomic mass is 79.9. The third-order valence-corrected chi connectivity index (χ3v) is 3.45. The molecular weight excluding hydrogens is 344 g/mol. The largest absolute Gasteiger partial charge is 0.497 e. The van der Waals surface area contributed by atoms with Gasteiger partial charge in [-0.1, -0.05) is 27.5 Å². The molecule has 0 aliphatic carbocycles. The van der Waals surface area contributed by atoms with Crippen molar-refractivity contribution in [1.29, 1.82) is 0 Å². The fourth-order valence-electron chi connectivity index (χ4n) is 1.60. The number of rotatable bonds is 5. The molecule has 0 aromatic heterocycles. The van der Waals surface area contributed by atoms with Gasteiger partial charge in [-0.25, -0.2) is 0 Å². The molecule has 0 aliphatic heterocycles. The van der Waals surface area contributed by atoms with E-state index in [0.29, 0.717) is 22.1 Å². The zero-order valence-electron chi connectivity index (χ0n) is 10.7. The van der Waals surface area contributed by atoms with Crippen molar-refractivity contribution in [3.05, 3.63) is 57.5 Å².